The van der Waals surface area contributed by atoms with E-state index in [1.165, 1.54) is 6.42 Å². The third kappa shape index (κ3) is 6.62. The van der Waals surface area contributed by atoms with Crippen molar-refractivity contribution in [3.63, 3.8) is 0 Å². The monoisotopic (exact) mass is 186 g/mol. The van der Waals surface area contributed by atoms with Crippen molar-refractivity contribution in [1.82, 2.24) is 0 Å². The summed E-state index contributed by atoms with van der Waals surface area (Å²) in [5.74, 6) is -0.0366. The van der Waals surface area contributed by atoms with Crippen molar-refractivity contribution in [1.29, 1.82) is 0 Å². The predicted molar refractivity (Wildman–Crippen MR) is 54.6 cm³/mol. The molecule has 0 aliphatic heterocycles. The third-order valence-electron chi connectivity index (χ3n) is 2.09. The minimum absolute atomic E-state index is 0.0366. The molecule has 2 heteroatoms. The normalized spacial score (nSPS) is 12.5. The number of carbonyl (C=O) groups excluding carboxylic acids is 1. The predicted octanol–water partition coefficient (Wildman–Crippen LogP) is 3.30. The van der Waals surface area contributed by atoms with Crippen LogP contribution in [0.2, 0.25) is 0 Å². The lowest BCUT2D eigenvalue weighted by molar-refractivity contribution is -0.149. The van der Waals surface area contributed by atoms with Crippen LogP contribution in [0.1, 0.15) is 59.3 Å². The van der Waals surface area contributed by atoms with Gasteiger partial charge in [-0.25, -0.2) is 0 Å². The molecule has 0 rings (SSSR count). The van der Waals surface area contributed by atoms with E-state index in [-0.39, 0.29) is 12.1 Å². The van der Waals surface area contributed by atoms with Gasteiger partial charge < -0.3 is 4.74 Å². The number of hydrogen-bond acceptors (Lipinski definition) is 2. The Morgan fingerprint density at radius 2 is 1.92 bits per heavy atom. The zero-order valence-corrected chi connectivity index (χ0v) is 9.14. The first kappa shape index (κ1) is 12.5. The van der Waals surface area contributed by atoms with Crippen molar-refractivity contribution in [2.45, 2.75) is 65.4 Å². The van der Waals surface area contributed by atoms with Gasteiger partial charge in [0.25, 0.3) is 0 Å². The molecular weight excluding hydrogens is 164 g/mol. The Hall–Kier alpha value is -0.530. The van der Waals surface area contributed by atoms with E-state index < -0.39 is 0 Å². The quantitative estimate of drug-likeness (QED) is 0.570. The molecule has 0 aromatic heterocycles. The van der Waals surface area contributed by atoms with Crippen molar-refractivity contribution >= 4 is 5.97 Å². The number of hydrogen-bond donors (Lipinski definition) is 0. The number of ether oxygens (including phenoxy) is 1. The minimum Gasteiger partial charge on any atom is -0.462 e. The van der Waals surface area contributed by atoms with Crippen LogP contribution in [0, 0.1) is 0 Å². The molecule has 0 radical (unpaired) electrons. The van der Waals surface area contributed by atoms with Gasteiger partial charge in [0.2, 0.25) is 0 Å². The van der Waals surface area contributed by atoms with Crippen LogP contribution in [0.15, 0.2) is 0 Å². The van der Waals surface area contributed by atoms with E-state index in [2.05, 4.69) is 13.8 Å². The molecule has 0 aromatic carbocycles. The van der Waals surface area contributed by atoms with Gasteiger partial charge in [0.1, 0.15) is 6.10 Å². The van der Waals surface area contributed by atoms with Crippen LogP contribution in [0.4, 0.5) is 0 Å². The molecule has 0 saturated heterocycles. The van der Waals surface area contributed by atoms with Crippen molar-refractivity contribution in [2.24, 2.45) is 0 Å². The Labute approximate surface area is 81.7 Å². The number of esters is 1. The fourth-order valence-electron chi connectivity index (χ4n) is 1.23. The van der Waals surface area contributed by atoms with Gasteiger partial charge in [-0.3, -0.25) is 4.79 Å². The first-order chi connectivity index (χ1) is 6.24. The summed E-state index contributed by atoms with van der Waals surface area (Å²) in [7, 11) is 0. The van der Waals surface area contributed by atoms with Crippen LogP contribution < -0.4 is 0 Å². The van der Waals surface area contributed by atoms with Gasteiger partial charge >= 0.3 is 5.97 Å². The molecular formula is C11H22O2. The molecule has 0 spiro atoms. The Morgan fingerprint density at radius 1 is 1.23 bits per heavy atom. The molecule has 0 aromatic rings. The first-order valence-corrected chi connectivity index (χ1v) is 5.44. The van der Waals surface area contributed by atoms with Gasteiger partial charge in [-0.1, -0.05) is 33.6 Å². The molecule has 0 N–H and O–H groups in total. The summed E-state index contributed by atoms with van der Waals surface area (Å²) in [6, 6.07) is 0. The molecule has 1 atom stereocenters. The minimum atomic E-state index is -0.0366. The van der Waals surface area contributed by atoms with Crippen molar-refractivity contribution in [3.05, 3.63) is 0 Å². The van der Waals surface area contributed by atoms with Crippen LogP contribution in [0.5, 0.6) is 0 Å². The summed E-state index contributed by atoms with van der Waals surface area (Å²) in [6.07, 6.45) is 5.86. The fraction of sp³-hybridized carbons (Fsp3) is 0.909. The Morgan fingerprint density at radius 3 is 2.38 bits per heavy atom. The maximum atomic E-state index is 11.2. The topological polar surface area (TPSA) is 26.3 Å². The maximum absolute atomic E-state index is 11.2. The highest BCUT2D eigenvalue weighted by Gasteiger charge is 2.10. The molecule has 2 nitrogen and oxygen atoms in total. The number of carbonyl (C=O) groups is 1. The van der Waals surface area contributed by atoms with Gasteiger partial charge in [-0.15, -0.1) is 0 Å². The third-order valence-corrected chi connectivity index (χ3v) is 2.09. The second-order valence-corrected chi connectivity index (χ2v) is 3.41. The lowest BCUT2D eigenvalue weighted by Crippen LogP contribution is -2.16. The zero-order chi connectivity index (χ0) is 10.1. The highest BCUT2D eigenvalue weighted by atomic mass is 16.5. The Bertz CT molecular complexity index is 132. The van der Waals surface area contributed by atoms with E-state index in [9.17, 15) is 4.79 Å². The van der Waals surface area contributed by atoms with Gasteiger partial charge in [0, 0.05) is 6.42 Å². The summed E-state index contributed by atoms with van der Waals surface area (Å²) in [6.45, 7) is 6.22. The molecule has 0 fully saturated rings. The van der Waals surface area contributed by atoms with E-state index in [0.717, 1.165) is 25.7 Å². The summed E-state index contributed by atoms with van der Waals surface area (Å²) in [5.41, 5.74) is 0. The van der Waals surface area contributed by atoms with Crippen molar-refractivity contribution in [3.8, 4) is 0 Å². The summed E-state index contributed by atoms with van der Waals surface area (Å²) < 4.78 is 5.30. The SMILES string of the molecule is CCCCC(CC)OC(=O)CCC. The average Bonchev–Trinajstić information content (AvgIpc) is 2.12. The number of unbranched alkanes of at least 4 members (excludes halogenated alkanes) is 1. The van der Waals surface area contributed by atoms with Gasteiger partial charge in [0.15, 0.2) is 0 Å². The highest BCUT2D eigenvalue weighted by molar-refractivity contribution is 5.69. The smallest absolute Gasteiger partial charge is 0.306 e. The average molecular weight is 186 g/mol. The zero-order valence-electron chi connectivity index (χ0n) is 9.14. The van der Waals surface area contributed by atoms with Crippen LogP contribution in [-0.4, -0.2) is 12.1 Å². The summed E-state index contributed by atoms with van der Waals surface area (Å²) in [4.78, 5) is 11.2. The number of rotatable bonds is 7. The molecule has 1 unspecified atom stereocenters. The lowest BCUT2D eigenvalue weighted by Gasteiger charge is -2.15. The van der Waals surface area contributed by atoms with Gasteiger partial charge in [0.05, 0.1) is 0 Å². The van der Waals surface area contributed by atoms with Crippen LogP contribution >= 0.6 is 0 Å². The molecule has 78 valence electrons. The fourth-order valence-corrected chi connectivity index (χ4v) is 1.23. The summed E-state index contributed by atoms with van der Waals surface area (Å²) >= 11 is 0. The molecule has 0 heterocycles. The molecule has 0 aliphatic rings. The molecule has 0 amide bonds. The van der Waals surface area contributed by atoms with E-state index in [0.29, 0.717) is 6.42 Å². The summed E-state index contributed by atoms with van der Waals surface area (Å²) in [5, 5.41) is 0. The van der Waals surface area contributed by atoms with Crippen molar-refractivity contribution < 1.29 is 9.53 Å². The molecule has 0 bridgehead atoms. The maximum Gasteiger partial charge on any atom is 0.306 e. The van der Waals surface area contributed by atoms with Gasteiger partial charge in [-0.05, 0) is 19.3 Å². The first-order valence-electron chi connectivity index (χ1n) is 5.44. The standard InChI is InChI=1S/C11H22O2/c1-4-7-9-10(6-3)13-11(12)8-5-2/h10H,4-9H2,1-3H3. The molecule has 0 aliphatic carbocycles. The van der Waals surface area contributed by atoms with Gasteiger partial charge in [-0.2, -0.15) is 0 Å². The molecule has 0 saturated carbocycles. The lowest BCUT2D eigenvalue weighted by atomic mass is 10.1. The second kappa shape index (κ2) is 8.09. The Balaban J connectivity index is 3.62. The van der Waals surface area contributed by atoms with Crippen molar-refractivity contribution in [2.75, 3.05) is 0 Å². The van der Waals surface area contributed by atoms with E-state index in [1.54, 1.807) is 0 Å². The second-order valence-electron chi connectivity index (χ2n) is 3.41. The highest BCUT2D eigenvalue weighted by Crippen LogP contribution is 2.09. The van der Waals surface area contributed by atoms with E-state index in [1.807, 2.05) is 6.92 Å². The van der Waals surface area contributed by atoms with E-state index >= 15 is 0 Å². The van der Waals surface area contributed by atoms with E-state index in [4.69, 9.17) is 4.74 Å². The van der Waals surface area contributed by atoms with Crippen LogP contribution in [0.3, 0.4) is 0 Å². The van der Waals surface area contributed by atoms with Crippen LogP contribution in [-0.2, 0) is 9.53 Å². The largest absolute Gasteiger partial charge is 0.462 e. The Kier molecular flexibility index (Phi) is 7.76. The molecule has 13 heavy (non-hydrogen) atoms. The van der Waals surface area contributed by atoms with Crippen LogP contribution in [0.25, 0.3) is 0 Å².